The van der Waals surface area contributed by atoms with Crippen LogP contribution in [0.4, 0.5) is 0 Å². The average molecular weight is 333 g/mol. The summed E-state index contributed by atoms with van der Waals surface area (Å²) in [4.78, 5) is 6.92. The SMILES string of the molecule is CCNC(=NCCOCCS(C)(=O)=O)N1CC(C)CC(C)C1. The molecule has 0 aromatic rings. The largest absolute Gasteiger partial charge is 0.378 e. The second-order valence-corrected chi connectivity index (χ2v) is 8.59. The van der Waals surface area contributed by atoms with Gasteiger partial charge in [0.05, 0.1) is 25.5 Å². The first-order valence-electron chi connectivity index (χ1n) is 8.10. The second kappa shape index (κ2) is 9.35. The maximum Gasteiger partial charge on any atom is 0.194 e. The topological polar surface area (TPSA) is 71.0 Å². The molecule has 0 aromatic heterocycles. The quantitative estimate of drug-likeness (QED) is 0.427. The maximum absolute atomic E-state index is 11.0. The first-order valence-corrected chi connectivity index (χ1v) is 10.2. The van der Waals surface area contributed by atoms with Gasteiger partial charge < -0.3 is 15.0 Å². The van der Waals surface area contributed by atoms with Crippen molar-refractivity contribution in [3.63, 3.8) is 0 Å². The minimum atomic E-state index is -2.95. The summed E-state index contributed by atoms with van der Waals surface area (Å²) >= 11 is 0. The van der Waals surface area contributed by atoms with E-state index in [1.165, 1.54) is 12.7 Å². The Morgan fingerprint density at radius 2 is 1.91 bits per heavy atom. The number of nitrogens with one attached hydrogen (secondary N) is 1. The van der Waals surface area contributed by atoms with Crippen LogP contribution in [0.5, 0.6) is 0 Å². The van der Waals surface area contributed by atoms with E-state index in [9.17, 15) is 8.42 Å². The number of rotatable bonds is 7. The van der Waals surface area contributed by atoms with Gasteiger partial charge in [-0.1, -0.05) is 13.8 Å². The molecular formula is C15H31N3O3S. The van der Waals surface area contributed by atoms with Gasteiger partial charge in [-0.05, 0) is 25.2 Å². The summed E-state index contributed by atoms with van der Waals surface area (Å²) in [6, 6.07) is 0. The Kier molecular flexibility index (Phi) is 8.17. The first-order chi connectivity index (χ1) is 10.3. The fourth-order valence-electron chi connectivity index (χ4n) is 2.79. The Morgan fingerprint density at radius 1 is 1.27 bits per heavy atom. The van der Waals surface area contributed by atoms with Crippen molar-refractivity contribution in [1.82, 2.24) is 10.2 Å². The number of hydrogen-bond acceptors (Lipinski definition) is 4. The fraction of sp³-hybridized carbons (Fsp3) is 0.933. The summed E-state index contributed by atoms with van der Waals surface area (Å²) < 4.78 is 27.3. The molecule has 22 heavy (non-hydrogen) atoms. The third-order valence-electron chi connectivity index (χ3n) is 3.60. The lowest BCUT2D eigenvalue weighted by Crippen LogP contribution is -2.48. The molecule has 0 aromatic carbocycles. The molecule has 2 atom stereocenters. The van der Waals surface area contributed by atoms with Crippen molar-refractivity contribution in [2.24, 2.45) is 16.8 Å². The van der Waals surface area contributed by atoms with Crippen molar-refractivity contribution in [2.75, 3.05) is 51.4 Å². The van der Waals surface area contributed by atoms with Crippen LogP contribution in [0, 0.1) is 11.8 Å². The Bertz CT molecular complexity index is 441. The number of sulfone groups is 1. The van der Waals surface area contributed by atoms with E-state index < -0.39 is 9.84 Å². The van der Waals surface area contributed by atoms with Gasteiger partial charge in [0.2, 0.25) is 0 Å². The van der Waals surface area contributed by atoms with Crippen molar-refractivity contribution >= 4 is 15.8 Å². The third kappa shape index (κ3) is 7.98. The molecule has 1 aliphatic heterocycles. The van der Waals surface area contributed by atoms with Gasteiger partial charge in [-0.2, -0.15) is 0 Å². The van der Waals surface area contributed by atoms with E-state index in [-0.39, 0.29) is 12.4 Å². The van der Waals surface area contributed by atoms with Gasteiger partial charge in [-0.15, -0.1) is 0 Å². The molecule has 0 amide bonds. The highest BCUT2D eigenvalue weighted by Gasteiger charge is 2.23. The second-order valence-electron chi connectivity index (χ2n) is 6.33. The first kappa shape index (κ1) is 19.2. The average Bonchev–Trinajstić information content (AvgIpc) is 2.39. The minimum absolute atomic E-state index is 0.0674. The van der Waals surface area contributed by atoms with E-state index in [1.54, 1.807) is 0 Å². The molecule has 0 saturated carbocycles. The molecular weight excluding hydrogens is 302 g/mol. The van der Waals surface area contributed by atoms with Crippen molar-refractivity contribution in [1.29, 1.82) is 0 Å². The molecule has 1 saturated heterocycles. The number of guanidine groups is 1. The number of piperidine rings is 1. The molecule has 130 valence electrons. The lowest BCUT2D eigenvalue weighted by Gasteiger charge is -2.37. The van der Waals surface area contributed by atoms with Gasteiger partial charge in [0.15, 0.2) is 5.96 Å². The molecule has 0 radical (unpaired) electrons. The van der Waals surface area contributed by atoms with Gasteiger partial charge >= 0.3 is 0 Å². The minimum Gasteiger partial charge on any atom is -0.378 e. The zero-order valence-corrected chi connectivity index (χ0v) is 15.2. The maximum atomic E-state index is 11.0. The Balaban J connectivity index is 2.41. The number of nitrogens with zero attached hydrogens (tertiary/aromatic N) is 2. The predicted molar refractivity (Wildman–Crippen MR) is 91.0 cm³/mol. The van der Waals surface area contributed by atoms with E-state index in [4.69, 9.17) is 4.74 Å². The molecule has 6 nitrogen and oxygen atoms in total. The molecule has 0 spiro atoms. The van der Waals surface area contributed by atoms with E-state index in [1.807, 2.05) is 0 Å². The molecule has 1 heterocycles. The van der Waals surface area contributed by atoms with Crippen molar-refractivity contribution < 1.29 is 13.2 Å². The van der Waals surface area contributed by atoms with Gasteiger partial charge in [-0.25, -0.2) is 8.42 Å². The Morgan fingerprint density at radius 3 is 2.45 bits per heavy atom. The van der Waals surface area contributed by atoms with Crippen LogP contribution in [-0.2, 0) is 14.6 Å². The summed E-state index contributed by atoms with van der Waals surface area (Å²) in [7, 11) is -2.95. The number of likely N-dealkylation sites (tertiary alicyclic amines) is 1. The zero-order chi connectivity index (χ0) is 16.6. The molecule has 1 rings (SSSR count). The van der Waals surface area contributed by atoms with Gasteiger partial charge in [0.1, 0.15) is 9.84 Å². The molecule has 0 aliphatic carbocycles. The van der Waals surface area contributed by atoms with Gasteiger partial charge in [0, 0.05) is 25.9 Å². The van der Waals surface area contributed by atoms with Crippen LogP contribution in [0.15, 0.2) is 4.99 Å². The fourth-order valence-corrected chi connectivity index (χ4v) is 3.21. The van der Waals surface area contributed by atoms with Crippen LogP contribution < -0.4 is 5.32 Å². The highest BCUT2D eigenvalue weighted by Crippen LogP contribution is 2.20. The number of hydrogen-bond donors (Lipinski definition) is 1. The summed E-state index contributed by atoms with van der Waals surface area (Å²) in [6.45, 7) is 10.8. The van der Waals surface area contributed by atoms with E-state index in [0.29, 0.717) is 25.0 Å². The smallest absolute Gasteiger partial charge is 0.194 e. The van der Waals surface area contributed by atoms with Crippen LogP contribution in [0.2, 0.25) is 0 Å². The summed E-state index contributed by atoms with van der Waals surface area (Å²) in [5.41, 5.74) is 0. The third-order valence-corrected chi connectivity index (χ3v) is 4.51. The van der Waals surface area contributed by atoms with Crippen LogP contribution in [-0.4, -0.2) is 70.7 Å². The van der Waals surface area contributed by atoms with Crippen molar-refractivity contribution in [3.05, 3.63) is 0 Å². The van der Waals surface area contributed by atoms with Gasteiger partial charge in [0.25, 0.3) is 0 Å². The lowest BCUT2D eigenvalue weighted by molar-refractivity contribution is 0.156. The molecule has 0 bridgehead atoms. The van der Waals surface area contributed by atoms with Crippen LogP contribution in [0.3, 0.4) is 0 Å². The molecule has 7 heteroatoms. The van der Waals surface area contributed by atoms with Crippen LogP contribution in [0.1, 0.15) is 27.2 Å². The van der Waals surface area contributed by atoms with Crippen molar-refractivity contribution in [2.45, 2.75) is 27.2 Å². The highest BCUT2D eigenvalue weighted by atomic mass is 32.2. The monoisotopic (exact) mass is 333 g/mol. The molecule has 1 fully saturated rings. The molecule has 1 aliphatic rings. The normalized spacial score (nSPS) is 23.6. The standard InChI is InChI=1S/C15H31N3O3S/c1-5-16-15(18-11-13(2)10-14(3)12-18)17-6-7-21-8-9-22(4,19)20/h13-14H,5-12H2,1-4H3,(H,16,17). The molecule has 1 N–H and O–H groups in total. The van der Waals surface area contributed by atoms with Crippen LogP contribution in [0.25, 0.3) is 0 Å². The Hall–Kier alpha value is -0.820. The predicted octanol–water partition coefficient (Wildman–Crippen LogP) is 0.991. The van der Waals surface area contributed by atoms with Gasteiger partial charge in [-0.3, -0.25) is 4.99 Å². The van der Waals surface area contributed by atoms with E-state index in [0.717, 1.165) is 25.6 Å². The number of ether oxygens (including phenoxy) is 1. The lowest BCUT2D eigenvalue weighted by atomic mass is 9.92. The van der Waals surface area contributed by atoms with Crippen molar-refractivity contribution in [3.8, 4) is 0 Å². The zero-order valence-electron chi connectivity index (χ0n) is 14.3. The van der Waals surface area contributed by atoms with E-state index in [2.05, 4.69) is 36.0 Å². The Labute approximate surface area is 135 Å². The highest BCUT2D eigenvalue weighted by molar-refractivity contribution is 7.90. The van der Waals surface area contributed by atoms with E-state index >= 15 is 0 Å². The summed E-state index contributed by atoms with van der Waals surface area (Å²) in [5, 5.41) is 3.33. The molecule has 2 unspecified atom stereocenters. The van der Waals surface area contributed by atoms with Crippen LogP contribution >= 0.6 is 0 Å². The summed E-state index contributed by atoms with van der Waals surface area (Å²) in [5.74, 6) is 2.36. The summed E-state index contributed by atoms with van der Waals surface area (Å²) in [6.07, 6.45) is 2.49. The number of aliphatic imine (C=N–C) groups is 1.